The summed E-state index contributed by atoms with van der Waals surface area (Å²) in [5, 5.41) is 0. The molecule has 4 rings (SSSR count). The molecule has 1 saturated heterocycles. The molecule has 156 valence electrons. The topological polar surface area (TPSA) is 77.0 Å². The molecule has 3 heterocycles. The Bertz CT molecular complexity index is 787. The zero-order valence-corrected chi connectivity index (χ0v) is 17.0. The Balaban J connectivity index is 1.42. The van der Waals surface area contributed by atoms with Gasteiger partial charge in [-0.3, -0.25) is 4.90 Å². The molecule has 8 nitrogen and oxygen atoms in total. The van der Waals surface area contributed by atoms with E-state index in [1.54, 1.807) is 12.4 Å². The number of hydrogen-bond acceptors (Lipinski definition) is 8. The summed E-state index contributed by atoms with van der Waals surface area (Å²) >= 11 is 0. The molecule has 1 aromatic heterocycles. The Labute approximate surface area is 171 Å². The molecule has 2 unspecified atom stereocenters. The predicted octanol–water partition coefficient (Wildman–Crippen LogP) is 1.96. The molecule has 0 bridgehead atoms. The van der Waals surface area contributed by atoms with E-state index in [1.807, 2.05) is 13.0 Å². The fourth-order valence-electron chi connectivity index (χ4n) is 4.51. The van der Waals surface area contributed by atoms with Crippen LogP contribution in [0.15, 0.2) is 41.8 Å². The third kappa shape index (κ3) is 4.07. The fraction of sp³-hybridized carbons (Fsp3) is 0.571. The van der Waals surface area contributed by atoms with Crippen molar-refractivity contribution in [1.29, 1.82) is 0 Å². The third-order valence-corrected chi connectivity index (χ3v) is 5.91. The van der Waals surface area contributed by atoms with Crippen molar-refractivity contribution in [2.45, 2.75) is 19.8 Å². The molecule has 0 spiro atoms. The van der Waals surface area contributed by atoms with E-state index in [9.17, 15) is 4.79 Å². The lowest BCUT2D eigenvalue weighted by Crippen LogP contribution is -2.48. The van der Waals surface area contributed by atoms with Gasteiger partial charge in [-0.15, -0.1) is 0 Å². The highest BCUT2D eigenvalue weighted by Gasteiger charge is 2.42. The minimum absolute atomic E-state index is 0.0294. The number of hydrogen-bond donors (Lipinski definition) is 0. The van der Waals surface area contributed by atoms with Crippen molar-refractivity contribution < 1.29 is 19.0 Å². The van der Waals surface area contributed by atoms with Crippen molar-refractivity contribution in [3.63, 3.8) is 0 Å². The summed E-state index contributed by atoms with van der Waals surface area (Å²) in [7, 11) is 1.41. The Morgan fingerprint density at radius 3 is 2.66 bits per heavy atom. The van der Waals surface area contributed by atoms with Gasteiger partial charge in [-0.1, -0.05) is 0 Å². The van der Waals surface area contributed by atoms with E-state index in [4.69, 9.17) is 14.2 Å². The third-order valence-electron chi connectivity index (χ3n) is 5.91. The first-order valence-electron chi connectivity index (χ1n) is 10.3. The highest BCUT2D eigenvalue weighted by atomic mass is 16.7. The molecule has 0 N–H and O–H groups in total. The lowest BCUT2D eigenvalue weighted by atomic mass is 9.90. The molecule has 2 fully saturated rings. The molecule has 3 aliphatic rings. The number of methoxy groups -OCH3 is 1. The minimum Gasteiger partial charge on any atom is -0.466 e. The second-order valence-electron chi connectivity index (χ2n) is 7.52. The van der Waals surface area contributed by atoms with Crippen LogP contribution >= 0.6 is 0 Å². The highest BCUT2D eigenvalue weighted by molar-refractivity contribution is 5.89. The van der Waals surface area contributed by atoms with E-state index in [0.29, 0.717) is 24.0 Å². The molecule has 2 atom stereocenters. The predicted molar refractivity (Wildman–Crippen MR) is 107 cm³/mol. The molecule has 8 heteroatoms. The van der Waals surface area contributed by atoms with Crippen LogP contribution in [0.4, 0.5) is 5.95 Å². The molecular formula is C21H28N4O4. The Kier molecular flexibility index (Phi) is 5.99. The highest BCUT2D eigenvalue weighted by Crippen LogP contribution is 2.46. The van der Waals surface area contributed by atoms with Gasteiger partial charge in [0.15, 0.2) is 0 Å². The van der Waals surface area contributed by atoms with Crippen LogP contribution in [0.25, 0.3) is 0 Å². The summed E-state index contributed by atoms with van der Waals surface area (Å²) in [6.45, 7) is 7.14. The lowest BCUT2D eigenvalue weighted by molar-refractivity contribution is -0.137. The van der Waals surface area contributed by atoms with Crippen molar-refractivity contribution in [3.8, 4) is 0 Å². The van der Waals surface area contributed by atoms with Gasteiger partial charge in [-0.25, -0.2) is 14.8 Å². The summed E-state index contributed by atoms with van der Waals surface area (Å²) in [4.78, 5) is 25.6. The molecule has 29 heavy (non-hydrogen) atoms. The van der Waals surface area contributed by atoms with Gasteiger partial charge in [0.2, 0.25) is 5.95 Å². The second-order valence-corrected chi connectivity index (χ2v) is 7.52. The van der Waals surface area contributed by atoms with Crippen LogP contribution in [0.5, 0.6) is 0 Å². The van der Waals surface area contributed by atoms with Gasteiger partial charge < -0.3 is 19.1 Å². The van der Waals surface area contributed by atoms with Gasteiger partial charge in [0.1, 0.15) is 6.26 Å². The van der Waals surface area contributed by atoms with Gasteiger partial charge in [-0.05, 0) is 25.8 Å². The van der Waals surface area contributed by atoms with Crippen molar-refractivity contribution in [2.75, 3.05) is 51.3 Å². The Morgan fingerprint density at radius 1 is 1.21 bits per heavy atom. The van der Waals surface area contributed by atoms with Crippen molar-refractivity contribution >= 4 is 11.9 Å². The van der Waals surface area contributed by atoms with Crippen LogP contribution in [0.2, 0.25) is 0 Å². The van der Waals surface area contributed by atoms with E-state index >= 15 is 0 Å². The van der Waals surface area contributed by atoms with Crippen LogP contribution < -0.4 is 4.90 Å². The summed E-state index contributed by atoms with van der Waals surface area (Å²) in [6, 6.07) is 1.84. The average Bonchev–Trinajstić information content (AvgIpc) is 3.19. The zero-order chi connectivity index (χ0) is 20.2. The monoisotopic (exact) mass is 400 g/mol. The van der Waals surface area contributed by atoms with E-state index in [1.165, 1.54) is 13.4 Å². The number of piperazine rings is 1. The van der Waals surface area contributed by atoms with Crippen LogP contribution in [0.3, 0.4) is 0 Å². The average molecular weight is 400 g/mol. The fourth-order valence-corrected chi connectivity index (χ4v) is 4.51. The van der Waals surface area contributed by atoms with Gasteiger partial charge in [0, 0.05) is 62.5 Å². The van der Waals surface area contributed by atoms with Crippen LogP contribution in [-0.2, 0) is 19.0 Å². The Morgan fingerprint density at radius 2 is 1.97 bits per heavy atom. The first-order chi connectivity index (χ1) is 14.2. The Hall–Kier alpha value is -2.61. The molecule has 2 aliphatic heterocycles. The van der Waals surface area contributed by atoms with Crippen molar-refractivity contribution in [1.82, 2.24) is 14.9 Å². The van der Waals surface area contributed by atoms with Gasteiger partial charge in [0.05, 0.1) is 19.3 Å². The van der Waals surface area contributed by atoms with E-state index in [0.717, 1.165) is 57.1 Å². The first kappa shape index (κ1) is 19.7. The van der Waals surface area contributed by atoms with Crippen LogP contribution in [0, 0.1) is 11.8 Å². The van der Waals surface area contributed by atoms with Gasteiger partial charge in [0.25, 0.3) is 5.95 Å². The normalized spacial score (nSPS) is 24.6. The first-order valence-corrected chi connectivity index (χ1v) is 10.3. The van der Waals surface area contributed by atoms with E-state index in [2.05, 4.69) is 19.8 Å². The number of carbonyl (C=O) groups is 1. The minimum atomic E-state index is -0.319. The second kappa shape index (κ2) is 8.82. The number of fused-ring (bicyclic) bond motifs is 1. The number of esters is 1. The van der Waals surface area contributed by atoms with Gasteiger partial charge >= 0.3 is 5.97 Å². The van der Waals surface area contributed by atoms with Crippen LogP contribution in [0.1, 0.15) is 19.8 Å². The zero-order valence-electron chi connectivity index (χ0n) is 17.0. The summed E-state index contributed by atoms with van der Waals surface area (Å²) in [5.41, 5.74) is 1.71. The number of ether oxygens (including phenoxy) is 3. The summed E-state index contributed by atoms with van der Waals surface area (Å²) in [6.07, 6.45) is 7.00. The molecule has 0 amide bonds. The maximum absolute atomic E-state index is 12.2. The standard InChI is InChI=1S/C21H28N4O4/c1-3-28-20-18-15(5-6-16(18)17(14-29-20)19(26)27-2)13-24-9-11-25(12-10-24)21-22-7-4-8-23-21/h4,7-8,14-16H,3,5-6,9-13H2,1-2H3. The molecule has 0 radical (unpaired) electrons. The molecule has 0 aromatic carbocycles. The smallest absolute Gasteiger partial charge is 0.337 e. The van der Waals surface area contributed by atoms with Gasteiger partial charge in [-0.2, -0.15) is 0 Å². The van der Waals surface area contributed by atoms with E-state index < -0.39 is 0 Å². The van der Waals surface area contributed by atoms with Crippen molar-refractivity contribution in [2.24, 2.45) is 11.8 Å². The largest absolute Gasteiger partial charge is 0.466 e. The molecule has 1 aromatic rings. The maximum Gasteiger partial charge on any atom is 0.337 e. The molecule has 1 saturated carbocycles. The SMILES string of the molecule is CCOC1=C2C(CN3CCN(c4ncccn4)CC3)CCC2C(C(=O)OC)=CO1. The number of carbonyl (C=O) groups excluding carboxylic acids is 1. The number of anilines is 1. The number of nitrogens with zero attached hydrogens (tertiary/aromatic N) is 4. The van der Waals surface area contributed by atoms with Crippen molar-refractivity contribution in [3.05, 3.63) is 41.8 Å². The van der Waals surface area contributed by atoms with Crippen LogP contribution in [-0.4, -0.2) is 67.3 Å². The lowest BCUT2D eigenvalue weighted by Gasteiger charge is -2.36. The number of aromatic nitrogens is 2. The quantitative estimate of drug-likeness (QED) is 0.671. The van der Waals surface area contributed by atoms with E-state index in [-0.39, 0.29) is 11.9 Å². The number of rotatable bonds is 6. The summed E-state index contributed by atoms with van der Waals surface area (Å²) < 4.78 is 16.4. The summed E-state index contributed by atoms with van der Waals surface area (Å²) in [5.74, 6) is 1.39. The molecular weight excluding hydrogens is 372 g/mol. The maximum atomic E-state index is 12.2. The molecule has 1 aliphatic carbocycles.